The minimum absolute atomic E-state index is 0. The number of carbonyl (C=O) groups is 1. The first-order valence-corrected chi connectivity index (χ1v) is 11.1. The van der Waals surface area contributed by atoms with E-state index < -0.39 is 10.0 Å². The first-order chi connectivity index (χ1) is 12.9. The van der Waals surface area contributed by atoms with Gasteiger partial charge in [0.05, 0.1) is 18.1 Å². The summed E-state index contributed by atoms with van der Waals surface area (Å²) in [6.45, 7) is 3.74. The van der Waals surface area contributed by atoms with Crippen molar-refractivity contribution in [1.29, 1.82) is 0 Å². The van der Waals surface area contributed by atoms with Gasteiger partial charge in [-0.05, 0) is 49.9 Å². The molecule has 2 unspecified atom stereocenters. The molecule has 0 bridgehead atoms. The van der Waals surface area contributed by atoms with Gasteiger partial charge in [0, 0.05) is 24.7 Å². The molecule has 9 heteroatoms. The Morgan fingerprint density at radius 1 is 1.25 bits per heavy atom. The van der Waals surface area contributed by atoms with E-state index in [-0.39, 0.29) is 35.2 Å². The third-order valence-corrected chi connectivity index (χ3v) is 7.61. The van der Waals surface area contributed by atoms with Crippen LogP contribution in [0.5, 0.6) is 0 Å². The topological polar surface area (TPSA) is 102 Å². The van der Waals surface area contributed by atoms with E-state index in [9.17, 15) is 13.2 Å². The van der Waals surface area contributed by atoms with Crippen LogP contribution in [-0.2, 0) is 14.8 Å². The molecule has 0 spiro atoms. The summed E-state index contributed by atoms with van der Waals surface area (Å²) in [4.78, 5) is 13.0. The van der Waals surface area contributed by atoms with Gasteiger partial charge in [-0.1, -0.05) is 18.9 Å². The van der Waals surface area contributed by atoms with Crippen LogP contribution in [0.25, 0.3) is 0 Å². The lowest BCUT2D eigenvalue weighted by molar-refractivity contribution is 0.0730. The number of ether oxygens (including phenoxy) is 1. The van der Waals surface area contributed by atoms with Gasteiger partial charge in [0.1, 0.15) is 0 Å². The van der Waals surface area contributed by atoms with Crippen molar-refractivity contribution in [3.8, 4) is 0 Å². The first-order valence-electron chi connectivity index (χ1n) is 9.63. The van der Waals surface area contributed by atoms with E-state index >= 15 is 0 Å². The van der Waals surface area contributed by atoms with E-state index in [1.807, 2.05) is 0 Å². The Labute approximate surface area is 173 Å². The normalized spacial score (nSPS) is 23.6. The predicted molar refractivity (Wildman–Crippen MR) is 110 cm³/mol. The van der Waals surface area contributed by atoms with Crippen LogP contribution in [0.15, 0.2) is 23.1 Å². The summed E-state index contributed by atoms with van der Waals surface area (Å²) < 4.78 is 32.7. The molecule has 3 N–H and O–H groups in total. The highest BCUT2D eigenvalue weighted by Gasteiger charge is 2.29. The lowest BCUT2D eigenvalue weighted by Gasteiger charge is -2.31. The van der Waals surface area contributed by atoms with E-state index in [0.29, 0.717) is 44.0 Å². The van der Waals surface area contributed by atoms with Gasteiger partial charge < -0.3 is 15.8 Å². The number of hydrogen-bond donors (Lipinski definition) is 2. The van der Waals surface area contributed by atoms with Gasteiger partial charge in [0.2, 0.25) is 10.0 Å². The number of hydrogen-bond acceptors (Lipinski definition) is 5. The van der Waals surface area contributed by atoms with E-state index in [0.717, 1.165) is 25.7 Å². The van der Waals surface area contributed by atoms with Crippen molar-refractivity contribution in [3.05, 3.63) is 29.3 Å². The van der Waals surface area contributed by atoms with Gasteiger partial charge in [0.25, 0.3) is 5.91 Å². The smallest absolute Gasteiger partial charge is 0.251 e. The zero-order valence-electron chi connectivity index (χ0n) is 16.2. The largest absolute Gasteiger partial charge is 0.379 e. The van der Waals surface area contributed by atoms with Gasteiger partial charge in [0.15, 0.2) is 0 Å². The molecule has 28 heavy (non-hydrogen) atoms. The van der Waals surface area contributed by atoms with Gasteiger partial charge in [-0.15, -0.1) is 12.4 Å². The number of nitrogens with two attached hydrogens (primary N) is 1. The third kappa shape index (κ3) is 5.04. The highest BCUT2D eigenvalue weighted by Crippen LogP contribution is 2.25. The van der Waals surface area contributed by atoms with Crippen LogP contribution < -0.4 is 11.1 Å². The van der Waals surface area contributed by atoms with Gasteiger partial charge in [-0.3, -0.25) is 4.79 Å². The number of sulfonamides is 1. The minimum atomic E-state index is -3.64. The standard InChI is InChI=1S/C19H29N3O4S.ClH/c1-14-6-7-15(19(23)21-17-5-3-2-4-16(17)13-20)12-18(14)27(24,25)22-8-10-26-11-9-22;/h6-7,12,16-17H,2-5,8-11,13,20H2,1H3,(H,21,23);1H. The van der Waals surface area contributed by atoms with Crippen LogP contribution in [-0.4, -0.2) is 57.5 Å². The second kappa shape index (κ2) is 10.0. The third-order valence-electron chi connectivity index (χ3n) is 5.57. The summed E-state index contributed by atoms with van der Waals surface area (Å²) in [7, 11) is -3.64. The van der Waals surface area contributed by atoms with Crippen LogP contribution in [0.1, 0.15) is 41.6 Å². The second-order valence-electron chi connectivity index (χ2n) is 7.36. The highest BCUT2D eigenvalue weighted by atomic mass is 35.5. The van der Waals surface area contributed by atoms with E-state index in [2.05, 4.69) is 5.32 Å². The van der Waals surface area contributed by atoms with Crippen LogP contribution in [0.4, 0.5) is 0 Å². The average molecular weight is 432 g/mol. The number of carbonyl (C=O) groups excluding carboxylic acids is 1. The molecule has 1 saturated carbocycles. The Morgan fingerprint density at radius 2 is 1.93 bits per heavy atom. The molecule has 1 aromatic rings. The highest BCUT2D eigenvalue weighted by molar-refractivity contribution is 7.89. The molecule has 2 aliphatic rings. The predicted octanol–water partition coefficient (Wildman–Crippen LogP) is 1.69. The second-order valence-corrected chi connectivity index (χ2v) is 9.26. The average Bonchev–Trinajstić information content (AvgIpc) is 2.69. The number of aryl methyl sites for hydroxylation is 1. The molecule has 1 heterocycles. The number of amides is 1. The van der Waals surface area contributed by atoms with E-state index in [4.69, 9.17) is 10.5 Å². The van der Waals surface area contributed by atoms with Gasteiger partial charge >= 0.3 is 0 Å². The van der Waals surface area contributed by atoms with Crippen LogP contribution >= 0.6 is 12.4 Å². The van der Waals surface area contributed by atoms with E-state index in [1.165, 1.54) is 10.4 Å². The number of rotatable bonds is 5. The Kier molecular flexibility index (Phi) is 8.27. The maximum absolute atomic E-state index is 13.0. The lowest BCUT2D eigenvalue weighted by atomic mass is 9.84. The zero-order valence-corrected chi connectivity index (χ0v) is 17.9. The zero-order chi connectivity index (χ0) is 19.4. The van der Waals surface area contributed by atoms with Crippen molar-refractivity contribution in [2.24, 2.45) is 11.7 Å². The molecule has 158 valence electrons. The van der Waals surface area contributed by atoms with Crippen molar-refractivity contribution in [3.63, 3.8) is 0 Å². The fourth-order valence-corrected chi connectivity index (χ4v) is 5.54. The fourth-order valence-electron chi connectivity index (χ4n) is 3.88. The van der Waals surface area contributed by atoms with Crippen molar-refractivity contribution in [2.75, 3.05) is 32.8 Å². The summed E-state index contributed by atoms with van der Waals surface area (Å²) in [6.07, 6.45) is 4.15. The molecule has 2 atom stereocenters. The molecule has 1 amide bonds. The van der Waals surface area contributed by atoms with Crippen molar-refractivity contribution >= 4 is 28.3 Å². The summed E-state index contributed by atoms with van der Waals surface area (Å²) in [6, 6.07) is 4.93. The van der Waals surface area contributed by atoms with E-state index in [1.54, 1.807) is 19.1 Å². The van der Waals surface area contributed by atoms with Gasteiger partial charge in [-0.2, -0.15) is 4.31 Å². The Hall–Kier alpha value is -1.19. The lowest BCUT2D eigenvalue weighted by Crippen LogP contribution is -2.44. The number of halogens is 1. The number of nitrogens with zero attached hydrogens (tertiary/aromatic N) is 1. The summed E-state index contributed by atoms with van der Waals surface area (Å²) >= 11 is 0. The van der Waals surface area contributed by atoms with Gasteiger partial charge in [-0.25, -0.2) is 8.42 Å². The fraction of sp³-hybridized carbons (Fsp3) is 0.632. The monoisotopic (exact) mass is 431 g/mol. The molecule has 1 saturated heterocycles. The summed E-state index contributed by atoms with van der Waals surface area (Å²) in [5.74, 6) is 0.0449. The number of nitrogens with one attached hydrogen (secondary N) is 1. The molecule has 1 aromatic carbocycles. The summed E-state index contributed by atoms with van der Waals surface area (Å²) in [5, 5.41) is 3.07. The molecule has 2 fully saturated rings. The number of morpholine rings is 1. The molecule has 0 aromatic heterocycles. The maximum Gasteiger partial charge on any atom is 0.251 e. The van der Waals surface area contributed by atoms with Crippen LogP contribution in [0.3, 0.4) is 0 Å². The molecule has 0 radical (unpaired) electrons. The maximum atomic E-state index is 13.0. The molecule has 3 rings (SSSR count). The van der Waals surface area contributed by atoms with Crippen LogP contribution in [0, 0.1) is 12.8 Å². The van der Waals surface area contributed by atoms with Crippen molar-refractivity contribution in [2.45, 2.75) is 43.5 Å². The Morgan fingerprint density at radius 3 is 2.61 bits per heavy atom. The minimum Gasteiger partial charge on any atom is -0.379 e. The molecular formula is C19H30ClN3O4S. The molecular weight excluding hydrogens is 402 g/mol. The first kappa shape index (κ1) is 23.1. The Balaban J connectivity index is 0.00000280. The SMILES string of the molecule is Cc1ccc(C(=O)NC2CCCCC2CN)cc1S(=O)(=O)N1CCOCC1.Cl. The van der Waals surface area contributed by atoms with Crippen molar-refractivity contribution in [1.82, 2.24) is 9.62 Å². The molecule has 7 nitrogen and oxygen atoms in total. The Bertz CT molecular complexity index is 781. The molecule has 1 aliphatic carbocycles. The summed E-state index contributed by atoms with van der Waals surface area (Å²) in [5.41, 5.74) is 6.85. The van der Waals surface area contributed by atoms with Crippen molar-refractivity contribution < 1.29 is 17.9 Å². The van der Waals surface area contributed by atoms with Crippen LogP contribution in [0.2, 0.25) is 0 Å². The molecule has 1 aliphatic heterocycles. The quantitative estimate of drug-likeness (QED) is 0.738. The number of benzene rings is 1.